The summed E-state index contributed by atoms with van der Waals surface area (Å²) in [7, 11) is 0. The molecule has 0 aliphatic carbocycles. The minimum Gasteiger partial charge on any atom is -0.445 e. The van der Waals surface area contributed by atoms with Crippen molar-refractivity contribution in [1.29, 1.82) is 0 Å². The summed E-state index contributed by atoms with van der Waals surface area (Å²) >= 11 is 0. The van der Waals surface area contributed by atoms with Crippen LogP contribution in [0.2, 0.25) is 0 Å². The smallest absolute Gasteiger partial charge is 0.445 e. The summed E-state index contributed by atoms with van der Waals surface area (Å²) in [6, 6.07) is 1.84. The number of pyridine rings is 1. The molecular weight excluding hydrogens is 212 g/mol. The summed E-state index contributed by atoms with van der Waals surface area (Å²) in [6.07, 6.45) is 0. The Balaban J connectivity index is 0.00000144. The van der Waals surface area contributed by atoms with Crippen LogP contribution in [0.1, 0.15) is 5.69 Å². The minimum absolute atomic E-state index is 0. The third kappa shape index (κ3) is 3.67. The van der Waals surface area contributed by atoms with Crippen molar-refractivity contribution in [3.8, 4) is 0 Å². The third-order valence-corrected chi connectivity index (χ3v) is 1.37. The van der Waals surface area contributed by atoms with Crippen LogP contribution in [-0.4, -0.2) is 12.0 Å². The van der Waals surface area contributed by atoms with Gasteiger partial charge in [0.2, 0.25) is 0 Å². The fourth-order valence-electron chi connectivity index (χ4n) is 0.780. The van der Waals surface area contributed by atoms with Gasteiger partial charge < -0.3 is 12.9 Å². The van der Waals surface area contributed by atoms with Crippen LogP contribution in [0.3, 0.4) is 0 Å². The molecule has 1 aromatic heterocycles. The minimum atomic E-state index is -5.28. The molecule has 7 heteroatoms. The van der Waals surface area contributed by atoms with Crippen LogP contribution in [0.5, 0.6) is 0 Å². The zero-order chi connectivity index (χ0) is 9.35. The molecule has 13 heavy (non-hydrogen) atoms. The van der Waals surface area contributed by atoms with E-state index in [4.69, 9.17) is 0 Å². The second-order valence-electron chi connectivity index (χ2n) is 2.41. The number of rotatable bonds is 1. The Bertz CT molecular complexity index is 301. The van der Waals surface area contributed by atoms with Gasteiger partial charge in [0.25, 0.3) is 0 Å². The van der Waals surface area contributed by atoms with E-state index in [2.05, 4.69) is 4.98 Å². The summed E-state index contributed by atoms with van der Waals surface area (Å²) in [5.41, 5.74) is -1.03. The number of nitrogens with zero attached hydrogens (tertiary/aromatic N) is 1. The third-order valence-electron chi connectivity index (χ3n) is 1.37. The Morgan fingerprint density at radius 2 is 1.77 bits per heavy atom. The molecule has 0 saturated heterocycles. The SMILES string of the molecule is Cc1ccc([B-](F)(F)F)c(F)n1.[K+]. The van der Waals surface area contributed by atoms with E-state index in [9.17, 15) is 17.3 Å². The van der Waals surface area contributed by atoms with Crippen molar-refractivity contribution in [2.24, 2.45) is 0 Å². The van der Waals surface area contributed by atoms with Crippen LogP contribution in [0.15, 0.2) is 12.1 Å². The molecule has 0 unspecified atom stereocenters. The van der Waals surface area contributed by atoms with Gasteiger partial charge >= 0.3 is 58.4 Å². The summed E-state index contributed by atoms with van der Waals surface area (Å²) in [6.45, 7) is -3.85. The molecular formula is C6H5BF4KN. The molecule has 0 saturated carbocycles. The topological polar surface area (TPSA) is 12.9 Å². The van der Waals surface area contributed by atoms with Crippen molar-refractivity contribution in [1.82, 2.24) is 4.98 Å². The standard InChI is InChI=1S/C6H5BF4N.K/c1-4-2-3-5(6(8)12-4)7(9,10)11;/h2-3H,1H3;/q-1;+1. The van der Waals surface area contributed by atoms with Crippen LogP contribution < -0.4 is 56.8 Å². The van der Waals surface area contributed by atoms with E-state index >= 15 is 0 Å². The molecule has 0 amide bonds. The molecule has 0 fully saturated rings. The van der Waals surface area contributed by atoms with Gasteiger partial charge in [0.15, 0.2) is 5.95 Å². The average Bonchev–Trinajstić information content (AvgIpc) is 1.83. The number of hydrogen-bond acceptors (Lipinski definition) is 1. The van der Waals surface area contributed by atoms with Gasteiger partial charge in [-0.15, -0.1) is 0 Å². The molecule has 0 radical (unpaired) electrons. The molecule has 0 N–H and O–H groups in total. The van der Waals surface area contributed by atoms with Crippen LogP contribution in [0.25, 0.3) is 0 Å². The van der Waals surface area contributed by atoms with Crippen LogP contribution in [0.4, 0.5) is 17.3 Å². The van der Waals surface area contributed by atoms with Crippen LogP contribution in [0, 0.1) is 12.9 Å². The van der Waals surface area contributed by atoms with Crippen molar-refractivity contribution >= 4 is 12.4 Å². The average molecular weight is 217 g/mol. The molecule has 1 heterocycles. The molecule has 0 aliphatic heterocycles. The molecule has 1 rings (SSSR count). The Morgan fingerprint density at radius 1 is 1.23 bits per heavy atom. The quantitative estimate of drug-likeness (QED) is 0.320. The number of halogens is 4. The Hall–Kier alpha value is 0.571. The first kappa shape index (κ1) is 13.6. The normalized spacial score (nSPS) is 10.8. The first-order valence-electron chi connectivity index (χ1n) is 3.24. The number of hydrogen-bond donors (Lipinski definition) is 0. The van der Waals surface area contributed by atoms with Gasteiger partial charge in [-0.05, 0) is 13.0 Å². The predicted molar refractivity (Wildman–Crippen MR) is 37.6 cm³/mol. The van der Waals surface area contributed by atoms with E-state index in [0.717, 1.165) is 6.07 Å². The van der Waals surface area contributed by atoms with E-state index in [1.54, 1.807) is 0 Å². The largest absolute Gasteiger partial charge is 1.00 e. The summed E-state index contributed by atoms with van der Waals surface area (Å²) < 4.78 is 48.4. The molecule has 0 aliphatic rings. The second kappa shape index (κ2) is 4.88. The zero-order valence-corrected chi connectivity index (χ0v) is 10.3. The van der Waals surface area contributed by atoms with Gasteiger partial charge in [-0.1, -0.05) is 11.5 Å². The molecule has 0 aromatic carbocycles. The molecule has 66 valence electrons. The predicted octanol–water partition coefficient (Wildman–Crippen LogP) is -1.41. The maximum atomic E-state index is 12.5. The van der Waals surface area contributed by atoms with Crippen molar-refractivity contribution < 1.29 is 68.7 Å². The maximum Gasteiger partial charge on any atom is 1.00 e. The van der Waals surface area contributed by atoms with E-state index in [1.807, 2.05) is 0 Å². The Kier molecular flexibility index (Phi) is 5.09. The van der Waals surface area contributed by atoms with E-state index < -0.39 is 18.4 Å². The molecule has 1 aromatic rings. The first-order chi connectivity index (χ1) is 5.41. The van der Waals surface area contributed by atoms with Gasteiger partial charge in [-0.3, -0.25) is 0 Å². The number of aryl methyl sites for hydroxylation is 1. The molecule has 0 atom stereocenters. The maximum absolute atomic E-state index is 12.5. The van der Waals surface area contributed by atoms with Crippen molar-refractivity contribution in [3.63, 3.8) is 0 Å². The van der Waals surface area contributed by atoms with Gasteiger partial charge in [-0.2, -0.15) is 4.39 Å². The second-order valence-corrected chi connectivity index (χ2v) is 2.41. The van der Waals surface area contributed by atoms with Crippen molar-refractivity contribution in [3.05, 3.63) is 23.8 Å². The molecule has 0 bridgehead atoms. The molecule has 0 spiro atoms. The van der Waals surface area contributed by atoms with Gasteiger partial charge in [0, 0.05) is 5.69 Å². The van der Waals surface area contributed by atoms with Gasteiger partial charge in [0.05, 0.1) is 0 Å². The van der Waals surface area contributed by atoms with Crippen molar-refractivity contribution in [2.45, 2.75) is 6.92 Å². The van der Waals surface area contributed by atoms with Crippen LogP contribution in [-0.2, 0) is 0 Å². The fourth-order valence-corrected chi connectivity index (χ4v) is 0.780. The van der Waals surface area contributed by atoms with E-state index in [1.165, 1.54) is 6.92 Å². The van der Waals surface area contributed by atoms with Gasteiger partial charge in [-0.25, -0.2) is 4.98 Å². The summed E-state index contributed by atoms with van der Waals surface area (Å²) in [5.74, 6) is -1.44. The van der Waals surface area contributed by atoms with Gasteiger partial charge in [0.1, 0.15) is 0 Å². The fraction of sp³-hybridized carbons (Fsp3) is 0.167. The molecule has 1 nitrogen and oxygen atoms in total. The van der Waals surface area contributed by atoms with Crippen LogP contribution >= 0.6 is 0 Å². The Labute approximate surface area is 115 Å². The summed E-state index contributed by atoms with van der Waals surface area (Å²) in [5, 5.41) is 0. The monoisotopic (exact) mass is 217 g/mol. The first-order valence-corrected chi connectivity index (χ1v) is 3.24. The van der Waals surface area contributed by atoms with E-state index in [-0.39, 0.29) is 57.1 Å². The summed E-state index contributed by atoms with van der Waals surface area (Å²) in [4.78, 5) is 3.07. The number of aromatic nitrogens is 1. The van der Waals surface area contributed by atoms with E-state index in [0.29, 0.717) is 6.07 Å². The zero-order valence-electron chi connectivity index (χ0n) is 7.19. The Morgan fingerprint density at radius 3 is 2.15 bits per heavy atom. The van der Waals surface area contributed by atoms with Crippen molar-refractivity contribution in [2.75, 3.05) is 0 Å².